The Hall–Kier alpha value is -1.76. The molecule has 0 atom stereocenters. The highest BCUT2D eigenvalue weighted by Crippen LogP contribution is 2.25. The summed E-state index contributed by atoms with van der Waals surface area (Å²) in [4.78, 5) is 15.1. The van der Waals surface area contributed by atoms with Crippen LogP contribution in [0.15, 0.2) is 6.07 Å². The van der Waals surface area contributed by atoms with Crippen molar-refractivity contribution in [1.82, 2.24) is 4.98 Å². The topological polar surface area (TPSA) is 91.2 Å². The monoisotopic (exact) mass is 245 g/mol. The molecular weight excluding hydrogens is 232 g/mol. The van der Waals surface area contributed by atoms with Gasteiger partial charge in [-0.3, -0.25) is 0 Å². The zero-order chi connectivity index (χ0) is 13.0. The van der Waals surface area contributed by atoms with Gasteiger partial charge in [-0.15, -0.1) is 0 Å². The second kappa shape index (κ2) is 5.53. The molecule has 1 heterocycles. The third-order valence-electron chi connectivity index (χ3n) is 2.06. The minimum atomic E-state index is -2.81. The van der Waals surface area contributed by atoms with Crippen LogP contribution in [0.1, 0.15) is 35.1 Å². The number of hydrogen-bond donors (Lipinski definition) is 2. The average molecular weight is 245 g/mol. The normalized spacial score (nSPS) is 10.6. The molecule has 0 fully saturated rings. The fraction of sp³-hybridized carbons (Fsp3) is 0.400. The second-order valence-electron chi connectivity index (χ2n) is 3.18. The molecule has 0 aliphatic carbocycles. The number of carbonyl (C=O) groups excluding carboxylic acids is 1. The van der Waals surface area contributed by atoms with Crippen LogP contribution in [0.4, 0.5) is 14.5 Å². The number of rotatable bonds is 4. The summed E-state index contributed by atoms with van der Waals surface area (Å²) in [5.41, 5.74) is 9.99. The van der Waals surface area contributed by atoms with Crippen molar-refractivity contribution in [2.24, 2.45) is 5.73 Å². The SMILES string of the molecule is CCOC(=O)c1cc(N)c(C(F)F)nc1CN. The summed E-state index contributed by atoms with van der Waals surface area (Å²) < 4.78 is 29.8. The minimum absolute atomic E-state index is 0.0243. The molecule has 17 heavy (non-hydrogen) atoms. The van der Waals surface area contributed by atoms with Gasteiger partial charge < -0.3 is 16.2 Å². The Balaban J connectivity index is 3.23. The van der Waals surface area contributed by atoms with Gasteiger partial charge in [-0.2, -0.15) is 0 Å². The third kappa shape index (κ3) is 2.88. The lowest BCUT2D eigenvalue weighted by Gasteiger charge is -2.11. The maximum Gasteiger partial charge on any atom is 0.340 e. The van der Waals surface area contributed by atoms with Crippen molar-refractivity contribution in [3.05, 3.63) is 23.0 Å². The first kappa shape index (κ1) is 13.3. The van der Waals surface area contributed by atoms with Gasteiger partial charge in [0.2, 0.25) is 0 Å². The Morgan fingerprint density at radius 1 is 1.59 bits per heavy atom. The number of halogens is 2. The molecule has 7 heteroatoms. The summed E-state index contributed by atoms with van der Waals surface area (Å²) in [5, 5.41) is 0. The van der Waals surface area contributed by atoms with Crippen molar-refractivity contribution in [3.63, 3.8) is 0 Å². The van der Waals surface area contributed by atoms with E-state index in [1.165, 1.54) is 0 Å². The van der Waals surface area contributed by atoms with Crippen LogP contribution in [0.3, 0.4) is 0 Å². The van der Waals surface area contributed by atoms with Gasteiger partial charge in [0, 0.05) is 6.54 Å². The average Bonchev–Trinajstić information content (AvgIpc) is 2.28. The molecule has 1 aromatic heterocycles. The van der Waals surface area contributed by atoms with E-state index in [-0.39, 0.29) is 30.1 Å². The van der Waals surface area contributed by atoms with Crippen LogP contribution in [-0.2, 0) is 11.3 Å². The van der Waals surface area contributed by atoms with Gasteiger partial charge in [-0.1, -0.05) is 0 Å². The molecule has 0 aliphatic heterocycles. The number of nitrogens with zero attached hydrogens (tertiary/aromatic N) is 1. The predicted octanol–water partition coefficient (Wildman–Crippen LogP) is 1.24. The molecule has 0 unspecified atom stereocenters. The smallest absolute Gasteiger partial charge is 0.340 e. The number of ether oxygens (including phenoxy) is 1. The van der Waals surface area contributed by atoms with Gasteiger partial charge >= 0.3 is 5.97 Å². The molecule has 0 spiro atoms. The van der Waals surface area contributed by atoms with Crippen molar-refractivity contribution < 1.29 is 18.3 Å². The van der Waals surface area contributed by atoms with Crippen molar-refractivity contribution >= 4 is 11.7 Å². The number of carbonyl (C=O) groups is 1. The molecular formula is C10H13F2N3O2. The molecule has 0 saturated heterocycles. The van der Waals surface area contributed by atoms with Gasteiger partial charge in [-0.25, -0.2) is 18.6 Å². The molecule has 94 valence electrons. The summed E-state index contributed by atoms with van der Waals surface area (Å²) in [6.07, 6.45) is -2.81. The van der Waals surface area contributed by atoms with Crippen molar-refractivity contribution in [3.8, 4) is 0 Å². The molecule has 1 rings (SSSR count). The summed E-state index contributed by atoms with van der Waals surface area (Å²) in [6.45, 7) is 1.65. The van der Waals surface area contributed by atoms with E-state index in [2.05, 4.69) is 4.98 Å². The number of aromatic nitrogens is 1. The fourth-order valence-electron chi connectivity index (χ4n) is 1.30. The number of nitrogen functional groups attached to an aromatic ring is 1. The molecule has 0 saturated carbocycles. The number of hydrogen-bond acceptors (Lipinski definition) is 5. The van der Waals surface area contributed by atoms with Crippen molar-refractivity contribution in [2.75, 3.05) is 12.3 Å². The standard InChI is InChI=1S/C10H13F2N3O2/c1-2-17-10(16)5-3-6(14)8(9(11)12)15-7(5)4-13/h3,9H,2,4,13-14H2,1H3. The van der Waals surface area contributed by atoms with Gasteiger partial charge in [-0.05, 0) is 13.0 Å². The van der Waals surface area contributed by atoms with Gasteiger partial charge in [0.15, 0.2) is 0 Å². The molecule has 0 radical (unpaired) electrons. The number of esters is 1. The molecule has 1 aromatic rings. The van der Waals surface area contributed by atoms with Gasteiger partial charge in [0.25, 0.3) is 6.43 Å². The number of anilines is 1. The molecule has 0 bridgehead atoms. The molecule has 4 N–H and O–H groups in total. The second-order valence-corrected chi connectivity index (χ2v) is 3.18. The predicted molar refractivity (Wildman–Crippen MR) is 57.5 cm³/mol. The highest BCUT2D eigenvalue weighted by Gasteiger charge is 2.20. The lowest BCUT2D eigenvalue weighted by molar-refractivity contribution is 0.0524. The number of pyridine rings is 1. The van der Waals surface area contributed by atoms with Gasteiger partial charge in [0.1, 0.15) is 5.69 Å². The quantitative estimate of drug-likeness (QED) is 0.778. The van der Waals surface area contributed by atoms with Crippen LogP contribution >= 0.6 is 0 Å². The summed E-state index contributed by atoms with van der Waals surface area (Å²) in [6, 6.07) is 1.12. The number of nitrogens with two attached hydrogens (primary N) is 2. The van der Waals surface area contributed by atoms with Crippen LogP contribution < -0.4 is 11.5 Å². The summed E-state index contributed by atoms with van der Waals surface area (Å²) >= 11 is 0. The number of alkyl halides is 2. The lowest BCUT2D eigenvalue weighted by atomic mass is 10.1. The maximum absolute atomic E-state index is 12.5. The fourth-order valence-corrected chi connectivity index (χ4v) is 1.30. The van der Waals surface area contributed by atoms with Crippen LogP contribution in [0.2, 0.25) is 0 Å². The zero-order valence-electron chi connectivity index (χ0n) is 9.24. The first-order valence-electron chi connectivity index (χ1n) is 4.95. The maximum atomic E-state index is 12.5. The van der Waals surface area contributed by atoms with E-state index in [1.54, 1.807) is 6.92 Å². The third-order valence-corrected chi connectivity index (χ3v) is 2.06. The van der Waals surface area contributed by atoms with E-state index in [0.29, 0.717) is 0 Å². The van der Waals surface area contributed by atoms with E-state index in [9.17, 15) is 13.6 Å². The highest BCUT2D eigenvalue weighted by molar-refractivity contribution is 5.91. The van der Waals surface area contributed by atoms with Crippen molar-refractivity contribution in [1.29, 1.82) is 0 Å². The van der Waals surface area contributed by atoms with Crippen LogP contribution in [0.25, 0.3) is 0 Å². The Morgan fingerprint density at radius 2 is 2.24 bits per heavy atom. The molecule has 0 amide bonds. The van der Waals surface area contributed by atoms with E-state index >= 15 is 0 Å². The zero-order valence-corrected chi connectivity index (χ0v) is 9.24. The Kier molecular flexibility index (Phi) is 4.33. The van der Waals surface area contributed by atoms with Crippen molar-refractivity contribution in [2.45, 2.75) is 19.9 Å². The Labute approximate surface area is 96.8 Å². The highest BCUT2D eigenvalue weighted by atomic mass is 19.3. The molecule has 5 nitrogen and oxygen atoms in total. The molecule has 0 aromatic carbocycles. The van der Waals surface area contributed by atoms with E-state index in [4.69, 9.17) is 16.2 Å². The Bertz CT molecular complexity index is 424. The largest absolute Gasteiger partial charge is 0.462 e. The van der Waals surface area contributed by atoms with Crippen LogP contribution in [-0.4, -0.2) is 17.6 Å². The summed E-state index contributed by atoms with van der Waals surface area (Å²) in [7, 11) is 0. The Morgan fingerprint density at radius 3 is 2.71 bits per heavy atom. The van der Waals surface area contributed by atoms with E-state index < -0.39 is 18.1 Å². The molecule has 0 aliphatic rings. The first-order chi connectivity index (χ1) is 8.01. The lowest BCUT2D eigenvalue weighted by Crippen LogP contribution is -2.15. The summed E-state index contributed by atoms with van der Waals surface area (Å²) in [5.74, 6) is -0.673. The minimum Gasteiger partial charge on any atom is -0.462 e. The van der Waals surface area contributed by atoms with E-state index in [0.717, 1.165) is 6.07 Å². The first-order valence-corrected chi connectivity index (χ1v) is 4.95. The van der Waals surface area contributed by atoms with Gasteiger partial charge in [0.05, 0.1) is 23.6 Å². The van der Waals surface area contributed by atoms with E-state index in [1.807, 2.05) is 0 Å². The van der Waals surface area contributed by atoms with Crippen LogP contribution in [0.5, 0.6) is 0 Å². The van der Waals surface area contributed by atoms with Crippen LogP contribution in [0, 0.1) is 0 Å².